The molecular formula is C23H31ClN2O7. The summed E-state index contributed by atoms with van der Waals surface area (Å²) >= 11 is 6.00. The highest BCUT2D eigenvalue weighted by Gasteiger charge is 2.65. The molecular weight excluding hydrogens is 452 g/mol. The number of ether oxygens (including phenoxy) is 4. The maximum Gasteiger partial charge on any atom is 0.330 e. The quantitative estimate of drug-likeness (QED) is 0.657. The average molecular weight is 483 g/mol. The third-order valence-corrected chi connectivity index (χ3v) is 6.64. The van der Waals surface area contributed by atoms with Crippen molar-refractivity contribution in [1.82, 2.24) is 9.55 Å². The zero-order chi connectivity index (χ0) is 24.0. The molecule has 0 amide bonds. The van der Waals surface area contributed by atoms with Crippen molar-refractivity contribution >= 4 is 17.6 Å². The van der Waals surface area contributed by atoms with Gasteiger partial charge >= 0.3 is 11.7 Å². The van der Waals surface area contributed by atoms with E-state index in [1.807, 2.05) is 0 Å². The normalized spacial score (nSPS) is 31.2. The smallest absolute Gasteiger partial charge is 0.330 e. The molecule has 3 aliphatic rings. The lowest BCUT2D eigenvalue weighted by Gasteiger charge is -2.37. The summed E-state index contributed by atoms with van der Waals surface area (Å²) in [6.07, 6.45) is 5.20. The van der Waals surface area contributed by atoms with Crippen LogP contribution < -0.4 is 11.2 Å². The number of hydrogen-bond donors (Lipinski definition) is 1. The van der Waals surface area contributed by atoms with Gasteiger partial charge in [-0.25, -0.2) is 4.79 Å². The van der Waals surface area contributed by atoms with E-state index in [1.54, 1.807) is 33.8 Å². The minimum Gasteiger partial charge on any atom is -0.462 e. The van der Waals surface area contributed by atoms with Crippen LogP contribution in [0.5, 0.6) is 0 Å². The molecule has 10 heteroatoms. The molecule has 4 rings (SSSR count). The Labute approximate surface area is 197 Å². The van der Waals surface area contributed by atoms with Crippen LogP contribution in [0.15, 0.2) is 27.4 Å². The number of hydrogen-bond acceptors (Lipinski definition) is 7. The van der Waals surface area contributed by atoms with Crippen molar-refractivity contribution in [3.8, 4) is 0 Å². The summed E-state index contributed by atoms with van der Waals surface area (Å²) in [5, 5.41) is 0. The molecule has 0 radical (unpaired) electrons. The van der Waals surface area contributed by atoms with Crippen LogP contribution in [0.3, 0.4) is 0 Å². The minimum atomic E-state index is -1.28. The molecule has 1 aromatic rings. The summed E-state index contributed by atoms with van der Waals surface area (Å²) in [5.74, 6) is -1.20. The fourth-order valence-electron chi connectivity index (χ4n) is 4.70. The van der Waals surface area contributed by atoms with E-state index in [0.29, 0.717) is 18.4 Å². The molecule has 33 heavy (non-hydrogen) atoms. The predicted molar refractivity (Wildman–Crippen MR) is 120 cm³/mol. The largest absolute Gasteiger partial charge is 0.462 e. The van der Waals surface area contributed by atoms with E-state index in [9.17, 15) is 14.4 Å². The topological polar surface area (TPSA) is 109 Å². The second-order valence-electron chi connectivity index (χ2n) is 10.2. The van der Waals surface area contributed by atoms with Crippen LogP contribution in [0.1, 0.15) is 64.7 Å². The van der Waals surface area contributed by atoms with Crippen molar-refractivity contribution in [1.29, 1.82) is 0 Å². The minimum absolute atomic E-state index is 0.166. The lowest BCUT2D eigenvalue weighted by atomic mass is 9.93. The fourth-order valence-corrected chi connectivity index (χ4v) is 4.91. The number of halogens is 1. The SMILES string of the molecule is Cc1cn([C@@H]2O[C@](/C=C\Cl)(COC(=O)C(C)(C)C)C3OC4(CCCCC4)O[C@@H]32)c(=O)[nH]c1=O. The van der Waals surface area contributed by atoms with Crippen LogP contribution in [-0.4, -0.2) is 45.7 Å². The molecule has 3 heterocycles. The third-order valence-electron chi connectivity index (χ3n) is 6.52. The number of esters is 1. The van der Waals surface area contributed by atoms with Crippen molar-refractivity contribution in [3.63, 3.8) is 0 Å². The van der Waals surface area contributed by atoms with Crippen molar-refractivity contribution < 1.29 is 23.7 Å². The van der Waals surface area contributed by atoms with Gasteiger partial charge < -0.3 is 18.9 Å². The van der Waals surface area contributed by atoms with E-state index in [1.165, 1.54) is 16.3 Å². The number of aromatic amines is 1. The number of carbonyl (C=O) groups excluding carboxylic acids is 1. The molecule has 0 aromatic carbocycles. The van der Waals surface area contributed by atoms with E-state index in [0.717, 1.165) is 19.3 Å². The Hall–Kier alpha value is -1.94. The van der Waals surface area contributed by atoms with Crippen molar-refractivity contribution in [3.05, 3.63) is 44.2 Å². The Morgan fingerprint density at radius 3 is 2.58 bits per heavy atom. The summed E-state index contributed by atoms with van der Waals surface area (Å²) in [4.78, 5) is 39.5. The summed E-state index contributed by atoms with van der Waals surface area (Å²) < 4.78 is 26.3. The highest BCUT2D eigenvalue weighted by Crippen LogP contribution is 2.52. The molecule has 3 fully saturated rings. The lowest BCUT2D eigenvalue weighted by Crippen LogP contribution is -2.47. The Balaban J connectivity index is 1.75. The van der Waals surface area contributed by atoms with Gasteiger partial charge in [-0.2, -0.15) is 0 Å². The van der Waals surface area contributed by atoms with Gasteiger partial charge in [0, 0.05) is 30.1 Å². The van der Waals surface area contributed by atoms with Crippen LogP contribution in [0, 0.1) is 12.3 Å². The first-order valence-corrected chi connectivity index (χ1v) is 11.7. The third kappa shape index (κ3) is 4.43. The average Bonchev–Trinajstić information content (AvgIpc) is 3.24. The number of H-pyrrole nitrogens is 1. The lowest BCUT2D eigenvalue weighted by molar-refractivity contribution is -0.246. The van der Waals surface area contributed by atoms with E-state index < -0.39 is 52.5 Å². The first kappa shape index (κ1) is 24.2. The van der Waals surface area contributed by atoms with E-state index in [2.05, 4.69) is 4.98 Å². The molecule has 182 valence electrons. The van der Waals surface area contributed by atoms with E-state index in [4.69, 9.17) is 30.5 Å². The second-order valence-corrected chi connectivity index (χ2v) is 10.4. The molecule has 1 aliphatic carbocycles. The van der Waals surface area contributed by atoms with Gasteiger partial charge in [-0.1, -0.05) is 18.0 Å². The molecule has 1 N–H and O–H groups in total. The number of fused-ring (bicyclic) bond motifs is 1. The number of nitrogens with zero attached hydrogens (tertiary/aromatic N) is 1. The molecule has 1 saturated carbocycles. The zero-order valence-corrected chi connectivity index (χ0v) is 20.1. The molecule has 2 aliphatic heterocycles. The highest BCUT2D eigenvalue weighted by molar-refractivity contribution is 6.25. The monoisotopic (exact) mass is 482 g/mol. The van der Waals surface area contributed by atoms with Gasteiger partial charge in [-0.15, -0.1) is 0 Å². The number of aryl methyl sites for hydroxylation is 1. The van der Waals surface area contributed by atoms with Crippen molar-refractivity contribution in [2.24, 2.45) is 5.41 Å². The van der Waals surface area contributed by atoms with Gasteiger partial charge in [-0.3, -0.25) is 19.1 Å². The molecule has 9 nitrogen and oxygen atoms in total. The molecule has 4 atom stereocenters. The van der Waals surface area contributed by atoms with Gasteiger partial charge in [-0.05, 0) is 46.6 Å². The summed E-state index contributed by atoms with van der Waals surface area (Å²) in [6, 6.07) is 0. The van der Waals surface area contributed by atoms with E-state index in [-0.39, 0.29) is 6.61 Å². The van der Waals surface area contributed by atoms with Gasteiger partial charge in [0.2, 0.25) is 0 Å². The highest BCUT2D eigenvalue weighted by atomic mass is 35.5. The Morgan fingerprint density at radius 2 is 1.94 bits per heavy atom. The van der Waals surface area contributed by atoms with Crippen LogP contribution in [0.4, 0.5) is 0 Å². The fraction of sp³-hybridized carbons (Fsp3) is 0.696. The van der Waals surface area contributed by atoms with Gasteiger partial charge in [0.1, 0.15) is 18.8 Å². The number of nitrogens with one attached hydrogen (secondary N) is 1. The number of carbonyl (C=O) groups is 1. The van der Waals surface area contributed by atoms with Crippen LogP contribution >= 0.6 is 11.6 Å². The zero-order valence-electron chi connectivity index (χ0n) is 19.4. The van der Waals surface area contributed by atoms with Gasteiger partial charge in [0.25, 0.3) is 5.56 Å². The Morgan fingerprint density at radius 1 is 1.24 bits per heavy atom. The molecule has 1 unspecified atom stereocenters. The van der Waals surface area contributed by atoms with Crippen molar-refractivity contribution in [2.75, 3.05) is 6.61 Å². The van der Waals surface area contributed by atoms with Gasteiger partial charge in [0.15, 0.2) is 17.6 Å². The standard InChI is InChI=1S/C23H31ClN2O7/c1-14-12-26(20(29)25-17(14)27)18-15-16(32-23(31-15)8-6-5-7-9-23)22(33-18,10-11-24)13-30-19(28)21(2,3)4/h10-12,15-16,18H,5-9,13H2,1-4H3,(H,25,27,29)/b11-10-/t15-,16?,18+,22+/m0/s1. The first-order valence-electron chi connectivity index (χ1n) is 11.3. The van der Waals surface area contributed by atoms with E-state index >= 15 is 0 Å². The maximum atomic E-state index is 12.7. The first-order chi connectivity index (χ1) is 15.5. The van der Waals surface area contributed by atoms with Crippen LogP contribution in [0.25, 0.3) is 0 Å². The summed E-state index contributed by atoms with van der Waals surface area (Å²) in [5.41, 5.74) is -1.44. The number of aromatic nitrogens is 2. The molecule has 2 saturated heterocycles. The van der Waals surface area contributed by atoms with Gasteiger partial charge in [0.05, 0.1) is 5.41 Å². The maximum absolute atomic E-state index is 12.7. The number of rotatable bonds is 4. The second kappa shape index (κ2) is 8.69. The predicted octanol–water partition coefficient (Wildman–Crippen LogP) is 2.90. The molecule has 1 aromatic heterocycles. The summed E-state index contributed by atoms with van der Waals surface area (Å²) in [7, 11) is 0. The van der Waals surface area contributed by atoms with Crippen LogP contribution in [-0.2, 0) is 23.7 Å². The van der Waals surface area contributed by atoms with Crippen LogP contribution in [0.2, 0.25) is 0 Å². The molecule has 0 bridgehead atoms. The Bertz CT molecular complexity index is 1050. The Kier molecular flexibility index (Phi) is 6.37. The molecule has 1 spiro atoms. The van der Waals surface area contributed by atoms with Crippen molar-refractivity contribution in [2.45, 2.75) is 89.6 Å². The summed E-state index contributed by atoms with van der Waals surface area (Å²) in [6.45, 7) is 6.72.